The van der Waals surface area contributed by atoms with Crippen LogP contribution in [0.1, 0.15) is 0 Å². The number of benzene rings is 11. The average Bonchev–Trinajstić information content (AvgIpc) is 3.71. The van der Waals surface area contributed by atoms with Crippen LogP contribution in [-0.4, -0.2) is 4.57 Å². The van der Waals surface area contributed by atoms with Crippen LogP contribution in [0.3, 0.4) is 0 Å². The summed E-state index contributed by atoms with van der Waals surface area (Å²) in [5.41, 5.74) is 16.5. The molecule has 64 heavy (non-hydrogen) atoms. The summed E-state index contributed by atoms with van der Waals surface area (Å²) < 4.78 is 2.37. The molecule has 0 saturated carbocycles. The van der Waals surface area contributed by atoms with Crippen LogP contribution in [-0.2, 0) is 0 Å². The zero-order valence-electron chi connectivity index (χ0n) is 35.1. The lowest BCUT2D eigenvalue weighted by molar-refractivity contribution is 1.18. The summed E-state index contributed by atoms with van der Waals surface area (Å²) in [5.74, 6) is 0. The fourth-order valence-electron chi connectivity index (χ4n) is 9.66. The SMILES string of the molecule is c1ccc(-c2cccc3cccc(-c4ccc(N(c5ccc(-c6ccc(-n7c8ccccc8c8ccccc87)cc6)cc5)c5ccc(-c6ccc7ccccc7c6)cc5)cc4)c23)cc1. The molecule has 0 unspecified atom stereocenters. The highest BCUT2D eigenvalue weighted by molar-refractivity contribution is 6.09. The maximum absolute atomic E-state index is 2.37. The van der Waals surface area contributed by atoms with Crippen LogP contribution in [0.4, 0.5) is 17.1 Å². The Hall–Kier alpha value is -8.46. The molecule has 12 aromatic rings. The van der Waals surface area contributed by atoms with Crippen molar-refractivity contribution in [3.63, 3.8) is 0 Å². The Balaban J connectivity index is 0.909. The first kappa shape index (κ1) is 37.3. The smallest absolute Gasteiger partial charge is 0.0541 e. The van der Waals surface area contributed by atoms with Gasteiger partial charge in [0.2, 0.25) is 0 Å². The zero-order chi connectivity index (χ0) is 42.4. The van der Waals surface area contributed by atoms with E-state index in [0.717, 1.165) is 22.7 Å². The van der Waals surface area contributed by atoms with E-state index in [1.807, 2.05) is 0 Å². The number of hydrogen-bond acceptors (Lipinski definition) is 1. The fraction of sp³-hybridized carbons (Fsp3) is 0. The molecular weight excluding hydrogens is 773 g/mol. The summed E-state index contributed by atoms with van der Waals surface area (Å²) in [6.07, 6.45) is 0. The van der Waals surface area contributed by atoms with Crippen LogP contribution in [0.25, 0.3) is 93.5 Å². The van der Waals surface area contributed by atoms with E-state index in [1.165, 1.54) is 87.9 Å². The van der Waals surface area contributed by atoms with Gasteiger partial charge in [-0.1, -0.05) is 188 Å². The van der Waals surface area contributed by atoms with E-state index >= 15 is 0 Å². The van der Waals surface area contributed by atoms with Gasteiger partial charge in [-0.15, -0.1) is 0 Å². The second-order valence-corrected chi connectivity index (χ2v) is 16.5. The van der Waals surface area contributed by atoms with Crippen molar-refractivity contribution in [2.24, 2.45) is 0 Å². The van der Waals surface area contributed by atoms with Crippen molar-refractivity contribution in [2.45, 2.75) is 0 Å². The Morgan fingerprint density at radius 3 is 1.27 bits per heavy atom. The lowest BCUT2D eigenvalue weighted by atomic mass is 9.91. The van der Waals surface area contributed by atoms with Gasteiger partial charge in [0.05, 0.1) is 11.0 Å². The van der Waals surface area contributed by atoms with Crippen LogP contribution in [0.2, 0.25) is 0 Å². The summed E-state index contributed by atoms with van der Waals surface area (Å²) >= 11 is 0. The molecule has 0 atom stereocenters. The van der Waals surface area contributed by atoms with E-state index < -0.39 is 0 Å². The second kappa shape index (κ2) is 15.8. The molecule has 0 saturated heterocycles. The molecule has 1 heterocycles. The van der Waals surface area contributed by atoms with Gasteiger partial charge in [-0.2, -0.15) is 0 Å². The van der Waals surface area contributed by atoms with Gasteiger partial charge in [-0.05, 0) is 133 Å². The molecule has 0 radical (unpaired) electrons. The minimum absolute atomic E-state index is 1.09. The Bertz CT molecular complexity index is 3560. The number of aromatic nitrogens is 1. The molecule has 0 N–H and O–H groups in total. The minimum atomic E-state index is 1.09. The zero-order valence-corrected chi connectivity index (χ0v) is 35.1. The van der Waals surface area contributed by atoms with E-state index in [-0.39, 0.29) is 0 Å². The van der Waals surface area contributed by atoms with E-state index in [1.54, 1.807) is 0 Å². The lowest BCUT2D eigenvalue weighted by Crippen LogP contribution is -2.09. The predicted molar refractivity (Wildman–Crippen MR) is 272 cm³/mol. The van der Waals surface area contributed by atoms with Crippen molar-refractivity contribution in [3.05, 3.63) is 255 Å². The van der Waals surface area contributed by atoms with Crippen molar-refractivity contribution >= 4 is 60.4 Å². The van der Waals surface area contributed by atoms with Crippen LogP contribution in [0.5, 0.6) is 0 Å². The summed E-state index contributed by atoms with van der Waals surface area (Å²) in [6.45, 7) is 0. The van der Waals surface area contributed by atoms with Crippen LogP contribution < -0.4 is 4.90 Å². The third kappa shape index (κ3) is 6.61. The fourth-order valence-corrected chi connectivity index (χ4v) is 9.66. The van der Waals surface area contributed by atoms with E-state index in [9.17, 15) is 0 Å². The van der Waals surface area contributed by atoms with Gasteiger partial charge < -0.3 is 9.47 Å². The van der Waals surface area contributed by atoms with Gasteiger partial charge in [0.15, 0.2) is 0 Å². The number of nitrogens with zero attached hydrogens (tertiary/aromatic N) is 2. The maximum atomic E-state index is 2.37. The summed E-state index contributed by atoms with van der Waals surface area (Å²) in [6, 6.07) is 92.6. The van der Waals surface area contributed by atoms with Crippen LogP contribution >= 0.6 is 0 Å². The first-order valence-corrected chi connectivity index (χ1v) is 22.0. The Labute approximate surface area is 373 Å². The van der Waals surface area contributed by atoms with Crippen molar-refractivity contribution in [2.75, 3.05) is 4.90 Å². The van der Waals surface area contributed by atoms with E-state index in [0.29, 0.717) is 0 Å². The van der Waals surface area contributed by atoms with Gasteiger partial charge in [0, 0.05) is 33.5 Å². The van der Waals surface area contributed by atoms with Gasteiger partial charge in [0.1, 0.15) is 0 Å². The summed E-state index contributed by atoms with van der Waals surface area (Å²) in [7, 11) is 0. The topological polar surface area (TPSA) is 8.17 Å². The standard InChI is InChI=1S/C62H42N2/c1-2-13-47(14-3-1)56-20-10-16-49-17-11-21-57(62(49)56)48-32-40-54(41-33-48)63(53-36-30-46(31-37-53)51-25-24-43-12-4-5-15-50(43)42-51)52-34-26-44(27-35-52)45-28-38-55(39-29-45)64-60-22-8-6-18-58(60)59-19-7-9-23-61(59)64/h1-42H. The van der Waals surface area contributed by atoms with Crippen molar-refractivity contribution < 1.29 is 0 Å². The molecule has 0 spiro atoms. The molecule has 0 amide bonds. The number of para-hydroxylation sites is 2. The van der Waals surface area contributed by atoms with Crippen molar-refractivity contribution in [1.29, 1.82) is 0 Å². The van der Waals surface area contributed by atoms with E-state index in [4.69, 9.17) is 0 Å². The number of rotatable bonds is 8. The number of hydrogen-bond donors (Lipinski definition) is 0. The lowest BCUT2D eigenvalue weighted by Gasteiger charge is -2.26. The second-order valence-electron chi connectivity index (χ2n) is 16.5. The van der Waals surface area contributed by atoms with Gasteiger partial charge in [0.25, 0.3) is 0 Å². The number of fused-ring (bicyclic) bond motifs is 5. The predicted octanol–water partition coefficient (Wildman–Crippen LogP) is 17.2. The molecule has 300 valence electrons. The molecule has 11 aromatic carbocycles. The highest BCUT2D eigenvalue weighted by Crippen LogP contribution is 2.41. The maximum Gasteiger partial charge on any atom is 0.0541 e. The van der Waals surface area contributed by atoms with Crippen molar-refractivity contribution in [1.82, 2.24) is 4.57 Å². The highest BCUT2D eigenvalue weighted by atomic mass is 15.1. The Morgan fingerprint density at radius 2 is 0.688 bits per heavy atom. The molecule has 0 aliphatic rings. The minimum Gasteiger partial charge on any atom is -0.311 e. The normalized spacial score (nSPS) is 11.4. The molecule has 0 bridgehead atoms. The van der Waals surface area contributed by atoms with Gasteiger partial charge in [-0.25, -0.2) is 0 Å². The monoisotopic (exact) mass is 814 g/mol. The molecule has 2 nitrogen and oxygen atoms in total. The Kier molecular flexibility index (Phi) is 9.20. The molecule has 12 rings (SSSR count). The van der Waals surface area contributed by atoms with Gasteiger partial charge >= 0.3 is 0 Å². The molecule has 1 aromatic heterocycles. The quantitative estimate of drug-likeness (QED) is 0.148. The molecule has 2 heteroatoms. The average molecular weight is 815 g/mol. The molecule has 0 aliphatic carbocycles. The third-order valence-electron chi connectivity index (χ3n) is 12.8. The molecule has 0 aliphatic heterocycles. The highest BCUT2D eigenvalue weighted by Gasteiger charge is 2.17. The van der Waals surface area contributed by atoms with Gasteiger partial charge in [-0.3, -0.25) is 0 Å². The van der Waals surface area contributed by atoms with Crippen LogP contribution in [0.15, 0.2) is 255 Å². The third-order valence-corrected chi connectivity index (χ3v) is 12.8. The van der Waals surface area contributed by atoms with Crippen LogP contribution in [0, 0.1) is 0 Å². The number of anilines is 3. The summed E-state index contributed by atoms with van der Waals surface area (Å²) in [4.78, 5) is 2.36. The van der Waals surface area contributed by atoms with E-state index in [2.05, 4.69) is 264 Å². The molecule has 0 fully saturated rings. The van der Waals surface area contributed by atoms with Crippen molar-refractivity contribution in [3.8, 4) is 50.2 Å². The first-order valence-electron chi connectivity index (χ1n) is 22.0. The first-order chi connectivity index (χ1) is 31.7. The molecular formula is C62H42N2. The summed E-state index contributed by atoms with van der Waals surface area (Å²) in [5, 5.41) is 7.53. The Morgan fingerprint density at radius 1 is 0.266 bits per heavy atom. The largest absolute Gasteiger partial charge is 0.311 e.